The van der Waals surface area contributed by atoms with E-state index in [-0.39, 0.29) is 24.9 Å². The minimum absolute atomic E-state index is 0.0451. The molecule has 0 fully saturated rings. The molecule has 2 unspecified atom stereocenters. The lowest BCUT2D eigenvalue weighted by molar-refractivity contribution is -0.128. The summed E-state index contributed by atoms with van der Waals surface area (Å²) in [6, 6.07) is -0.635. The number of hydrogen-bond donors (Lipinski definition) is 4. The van der Waals surface area contributed by atoms with Crippen LogP contribution in [0.2, 0.25) is 0 Å². The first-order valence-electron chi connectivity index (χ1n) is 5.46. The molecule has 0 saturated carbocycles. The number of rotatable bonds is 7. The van der Waals surface area contributed by atoms with E-state index >= 15 is 0 Å². The zero-order chi connectivity index (χ0) is 13.4. The summed E-state index contributed by atoms with van der Waals surface area (Å²) in [6.45, 7) is 3.33. The minimum Gasteiger partial charge on any atom is -0.368 e. The smallest absolute Gasteiger partial charge is 0.239 e. The van der Waals surface area contributed by atoms with E-state index in [9.17, 15) is 14.4 Å². The summed E-state index contributed by atoms with van der Waals surface area (Å²) in [5.74, 6) is -1.45. The number of nitrogens with one attached hydrogen (secondary N) is 2. The van der Waals surface area contributed by atoms with Crippen LogP contribution in [0.4, 0.5) is 0 Å². The zero-order valence-electron chi connectivity index (χ0n) is 10.2. The van der Waals surface area contributed by atoms with Gasteiger partial charge in [0.15, 0.2) is 0 Å². The highest BCUT2D eigenvalue weighted by Gasteiger charge is 2.19. The minimum atomic E-state index is -0.638. The summed E-state index contributed by atoms with van der Waals surface area (Å²) in [5.41, 5.74) is 10.5. The van der Waals surface area contributed by atoms with Gasteiger partial charge in [-0.2, -0.15) is 0 Å². The highest BCUT2D eigenvalue weighted by molar-refractivity contribution is 5.89. The van der Waals surface area contributed by atoms with Crippen LogP contribution in [-0.4, -0.2) is 36.9 Å². The Morgan fingerprint density at radius 2 is 1.76 bits per heavy atom. The van der Waals surface area contributed by atoms with Crippen LogP contribution in [0.1, 0.15) is 20.3 Å². The number of primary amides is 1. The molecular formula is C10H20N4O3. The average Bonchev–Trinajstić information content (AvgIpc) is 2.31. The van der Waals surface area contributed by atoms with Gasteiger partial charge in [0.1, 0.15) is 0 Å². The van der Waals surface area contributed by atoms with Crippen LogP contribution in [0.5, 0.6) is 0 Å². The molecular weight excluding hydrogens is 224 g/mol. The summed E-state index contributed by atoms with van der Waals surface area (Å²) in [5, 5.41) is 4.64. The topological polar surface area (TPSA) is 127 Å². The summed E-state index contributed by atoms with van der Waals surface area (Å²) < 4.78 is 0. The third kappa shape index (κ3) is 6.52. The van der Waals surface area contributed by atoms with Crippen LogP contribution >= 0.6 is 0 Å². The summed E-state index contributed by atoms with van der Waals surface area (Å²) in [6.07, 6.45) is 0.780. The van der Waals surface area contributed by atoms with Crippen molar-refractivity contribution in [3.8, 4) is 0 Å². The fourth-order valence-electron chi connectivity index (χ4n) is 1.05. The summed E-state index contributed by atoms with van der Waals surface area (Å²) in [4.78, 5) is 33.0. The van der Waals surface area contributed by atoms with Gasteiger partial charge in [-0.25, -0.2) is 0 Å². The van der Waals surface area contributed by atoms with Gasteiger partial charge >= 0.3 is 0 Å². The Labute approximate surface area is 100 Å². The van der Waals surface area contributed by atoms with E-state index in [1.54, 1.807) is 0 Å². The van der Waals surface area contributed by atoms with Crippen molar-refractivity contribution in [3.05, 3.63) is 0 Å². The molecule has 0 aliphatic carbocycles. The molecule has 0 spiro atoms. The van der Waals surface area contributed by atoms with Crippen molar-refractivity contribution in [2.75, 3.05) is 13.1 Å². The Bertz CT molecular complexity index is 293. The van der Waals surface area contributed by atoms with E-state index in [0.717, 1.165) is 6.42 Å². The molecule has 0 bridgehead atoms. The van der Waals surface area contributed by atoms with Gasteiger partial charge in [-0.15, -0.1) is 0 Å². The number of carbonyl (C=O) groups is 3. The van der Waals surface area contributed by atoms with Gasteiger partial charge in [0.05, 0.1) is 19.1 Å². The summed E-state index contributed by atoms with van der Waals surface area (Å²) >= 11 is 0. The second kappa shape index (κ2) is 7.61. The molecule has 0 aromatic rings. The van der Waals surface area contributed by atoms with Crippen molar-refractivity contribution in [3.63, 3.8) is 0 Å². The second-order valence-corrected chi connectivity index (χ2v) is 3.87. The second-order valence-electron chi connectivity index (χ2n) is 3.87. The Morgan fingerprint density at radius 1 is 1.18 bits per heavy atom. The van der Waals surface area contributed by atoms with Crippen LogP contribution in [-0.2, 0) is 14.4 Å². The molecule has 2 atom stereocenters. The molecule has 0 heterocycles. The Balaban J connectivity index is 3.91. The van der Waals surface area contributed by atoms with Gasteiger partial charge < -0.3 is 22.1 Å². The molecule has 0 aliphatic heterocycles. The number of carbonyl (C=O) groups excluding carboxylic acids is 3. The van der Waals surface area contributed by atoms with Gasteiger partial charge in [-0.05, 0) is 5.92 Å². The van der Waals surface area contributed by atoms with Crippen molar-refractivity contribution >= 4 is 17.7 Å². The van der Waals surface area contributed by atoms with Gasteiger partial charge in [-0.3, -0.25) is 14.4 Å². The van der Waals surface area contributed by atoms with Crippen LogP contribution in [0.3, 0.4) is 0 Å². The molecule has 17 heavy (non-hydrogen) atoms. The molecule has 0 rings (SSSR count). The van der Waals surface area contributed by atoms with E-state index in [1.165, 1.54) is 0 Å². The first kappa shape index (κ1) is 15.4. The molecule has 7 nitrogen and oxygen atoms in total. The van der Waals surface area contributed by atoms with E-state index in [2.05, 4.69) is 10.6 Å². The lowest BCUT2D eigenvalue weighted by atomic mass is 9.99. The maximum atomic E-state index is 11.5. The van der Waals surface area contributed by atoms with Gasteiger partial charge in [-0.1, -0.05) is 20.3 Å². The zero-order valence-corrected chi connectivity index (χ0v) is 10.2. The monoisotopic (exact) mass is 244 g/mol. The largest absolute Gasteiger partial charge is 0.368 e. The van der Waals surface area contributed by atoms with Gasteiger partial charge in [0.2, 0.25) is 17.7 Å². The van der Waals surface area contributed by atoms with E-state index < -0.39 is 17.9 Å². The third-order valence-corrected chi connectivity index (χ3v) is 2.44. The van der Waals surface area contributed by atoms with Gasteiger partial charge in [0, 0.05) is 0 Å². The molecule has 0 aromatic heterocycles. The standard InChI is InChI=1S/C10H20N4O3/c1-3-6(2)9(12)10(17)14-5-8(16)13-4-7(11)15/h6,9H,3-5,12H2,1-2H3,(H2,11,15)(H,13,16)(H,14,17). The Hall–Kier alpha value is -1.63. The van der Waals surface area contributed by atoms with Crippen LogP contribution in [0, 0.1) is 5.92 Å². The maximum Gasteiger partial charge on any atom is 0.239 e. The SMILES string of the molecule is CCC(C)C(N)C(=O)NCC(=O)NCC(N)=O. The number of amides is 3. The van der Waals surface area contributed by atoms with E-state index in [4.69, 9.17) is 11.5 Å². The molecule has 0 radical (unpaired) electrons. The quantitative estimate of drug-likeness (QED) is 0.416. The molecule has 7 heteroatoms. The first-order chi connectivity index (χ1) is 7.88. The molecule has 6 N–H and O–H groups in total. The van der Waals surface area contributed by atoms with Crippen molar-refractivity contribution in [2.45, 2.75) is 26.3 Å². The maximum absolute atomic E-state index is 11.5. The highest BCUT2D eigenvalue weighted by atomic mass is 16.2. The molecule has 0 aliphatic rings. The highest BCUT2D eigenvalue weighted by Crippen LogP contribution is 2.04. The normalized spacial score (nSPS) is 13.6. The fraction of sp³-hybridized carbons (Fsp3) is 0.700. The fourth-order valence-corrected chi connectivity index (χ4v) is 1.05. The molecule has 98 valence electrons. The first-order valence-corrected chi connectivity index (χ1v) is 5.46. The lowest BCUT2D eigenvalue weighted by Gasteiger charge is -2.17. The Morgan fingerprint density at radius 3 is 2.24 bits per heavy atom. The van der Waals surface area contributed by atoms with E-state index in [1.807, 2.05) is 13.8 Å². The number of nitrogens with two attached hydrogens (primary N) is 2. The van der Waals surface area contributed by atoms with Crippen molar-refractivity contribution in [2.24, 2.45) is 17.4 Å². The molecule has 0 saturated heterocycles. The van der Waals surface area contributed by atoms with Crippen LogP contribution < -0.4 is 22.1 Å². The van der Waals surface area contributed by atoms with Gasteiger partial charge in [0.25, 0.3) is 0 Å². The Kier molecular flexibility index (Phi) is 6.88. The lowest BCUT2D eigenvalue weighted by Crippen LogP contribution is -2.48. The molecule has 0 aromatic carbocycles. The predicted molar refractivity (Wildman–Crippen MR) is 62.6 cm³/mol. The van der Waals surface area contributed by atoms with Crippen molar-refractivity contribution < 1.29 is 14.4 Å². The van der Waals surface area contributed by atoms with Crippen LogP contribution in [0.25, 0.3) is 0 Å². The number of hydrogen-bond acceptors (Lipinski definition) is 4. The van der Waals surface area contributed by atoms with Crippen molar-refractivity contribution in [1.82, 2.24) is 10.6 Å². The predicted octanol–water partition coefficient (Wildman–Crippen LogP) is -1.92. The van der Waals surface area contributed by atoms with Crippen LogP contribution in [0.15, 0.2) is 0 Å². The molecule has 3 amide bonds. The van der Waals surface area contributed by atoms with Crippen molar-refractivity contribution in [1.29, 1.82) is 0 Å². The third-order valence-electron chi connectivity index (χ3n) is 2.44. The summed E-state index contributed by atoms with van der Waals surface area (Å²) in [7, 11) is 0. The average molecular weight is 244 g/mol. The van der Waals surface area contributed by atoms with E-state index in [0.29, 0.717) is 0 Å².